The van der Waals surface area contributed by atoms with Gasteiger partial charge < -0.3 is 15.2 Å². The van der Waals surface area contributed by atoms with Crippen LogP contribution in [0.3, 0.4) is 0 Å². The van der Waals surface area contributed by atoms with Crippen LogP contribution < -0.4 is 10.1 Å². The van der Waals surface area contributed by atoms with Gasteiger partial charge in [-0.05, 0) is 30.3 Å². The molecule has 0 heterocycles. The molecule has 0 amide bonds. The lowest BCUT2D eigenvalue weighted by Crippen LogP contribution is -2.11. The van der Waals surface area contributed by atoms with Gasteiger partial charge in [-0.3, -0.25) is 0 Å². The predicted octanol–water partition coefficient (Wildman–Crippen LogP) is 3.73. The zero-order valence-corrected chi connectivity index (χ0v) is 12.2. The first-order chi connectivity index (χ1) is 9.74. The normalized spacial score (nSPS) is 10.6. The lowest BCUT2D eigenvalue weighted by molar-refractivity contribution is 0.276. The summed E-state index contributed by atoms with van der Waals surface area (Å²) in [4.78, 5) is 0. The minimum atomic E-state index is -0.0632. The molecular weight excluding hydrogens is 274 g/mol. The van der Waals surface area contributed by atoms with Crippen LogP contribution in [0.1, 0.15) is 18.1 Å². The standard InChI is InChI=1S/C16H18ClNO2/c1-2-18-10-12-7-8-16(14(17)9-12)20-15-6-4-3-5-13(15)11-19/h3-9,18-19H,2,10-11H2,1H3. The van der Waals surface area contributed by atoms with Crippen LogP contribution in [0, 0.1) is 0 Å². The molecule has 0 saturated heterocycles. The molecule has 0 fully saturated rings. The number of halogens is 1. The molecular formula is C16H18ClNO2. The van der Waals surface area contributed by atoms with Gasteiger partial charge in [0.1, 0.15) is 11.5 Å². The number of ether oxygens (including phenoxy) is 1. The van der Waals surface area contributed by atoms with E-state index in [9.17, 15) is 5.11 Å². The Kier molecular flexibility index (Phi) is 5.41. The Hall–Kier alpha value is -1.55. The van der Waals surface area contributed by atoms with Crippen LogP contribution in [0.15, 0.2) is 42.5 Å². The molecule has 2 aromatic carbocycles. The summed E-state index contributed by atoms with van der Waals surface area (Å²) in [5.74, 6) is 1.21. The van der Waals surface area contributed by atoms with E-state index in [-0.39, 0.29) is 6.61 Å². The highest BCUT2D eigenvalue weighted by atomic mass is 35.5. The van der Waals surface area contributed by atoms with Gasteiger partial charge in [0.05, 0.1) is 11.6 Å². The van der Waals surface area contributed by atoms with Crippen molar-refractivity contribution in [3.8, 4) is 11.5 Å². The minimum absolute atomic E-state index is 0.0632. The highest BCUT2D eigenvalue weighted by Crippen LogP contribution is 2.31. The fraction of sp³-hybridized carbons (Fsp3) is 0.250. The summed E-state index contributed by atoms with van der Waals surface area (Å²) in [5, 5.41) is 13.1. The molecule has 0 atom stereocenters. The molecule has 0 unspecified atom stereocenters. The average Bonchev–Trinajstić information content (AvgIpc) is 2.48. The van der Waals surface area contributed by atoms with E-state index < -0.39 is 0 Å². The maximum absolute atomic E-state index is 9.29. The Morgan fingerprint density at radius 1 is 1.15 bits per heavy atom. The second-order valence-electron chi connectivity index (χ2n) is 4.41. The van der Waals surface area contributed by atoms with Gasteiger partial charge in [0, 0.05) is 12.1 Å². The van der Waals surface area contributed by atoms with E-state index in [0.29, 0.717) is 16.5 Å². The van der Waals surface area contributed by atoms with Crippen molar-refractivity contribution < 1.29 is 9.84 Å². The first-order valence-corrected chi connectivity index (χ1v) is 6.98. The van der Waals surface area contributed by atoms with Crippen molar-refractivity contribution in [3.63, 3.8) is 0 Å². The summed E-state index contributed by atoms with van der Waals surface area (Å²) >= 11 is 6.24. The fourth-order valence-corrected chi connectivity index (χ4v) is 2.10. The van der Waals surface area contributed by atoms with E-state index in [4.69, 9.17) is 16.3 Å². The molecule has 0 aliphatic heterocycles. The predicted molar refractivity (Wildman–Crippen MR) is 81.3 cm³/mol. The van der Waals surface area contributed by atoms with Gasteiger partial charge in [-0.15, -0.1) is 0 Å². The smallest absolute Gasteiger partial charge is 0.146 e. The summed E-state index contributed by atoms with van der Waals surface area (Å²) in [6.07, 6.45) is 0. The van der Waals surface area contributed by atoms with Crippen molar-refractivity contribution in [2.24, 2.45) is 0 Å². The van der Waals surface area contributed by atoms with E-state index in [1.807, 2.05) is 42.5 Å². The number of hydrogen-bond acceptors (Lipinski definition) is 3. The van der Waals surface area contributed by atoms with Gasteiger partial charge in [0.2, 0.25) is 0 Å². The lowest BCUT2D eigenvalue weighted by atomic mass is 10.2. The summed E-state index contributed by atoms with van der Waals surface area (Å²) in [6.45, 7) is 3.70. The molecule has 106 valence electrons. The van der Waals surface area contributed by atoms with Crippen molar-refractivity contribution in [2.45, 2.75) is 20.1 Å². The van der Waals surface area contributed by atoms with Gasteiger partial charge in [-0.25, -0.2) is 0 Å². The molecule has 2 N–H and O–H groups in total. The van der Waals surface area contributed by atoms with Crippen LogP contribution in [-0.4, -0.2) is 11.7 Å². The van der Waals surface area contributed by atoms with Crippen LogP contribution in [0.5, 0.6) is 11.5 Å². The van der Waals surface area contributed by atoms with E-state index in [1.165, 1.54) is 0 Å². The number of rotatable bonds is 6. The van der Waals surface area contributed by atoms with Crippen LogP contribution in [0.2, 0.25) is 5.02 Å². The maximum Gasteiger partial charge on any atom is 0.146 e. The Morgan fingerprint density at radius 3 is 2.65 bits per heavy atom. The van der Waals surface area contributed by atoms with Crippen molar-refractivity contribution in [2.75, 3.05) is 6.54 Å². The molecule has 0 aliphatic carbocycles. The quantitative estimate of drug-likeness (QED) is 0.852. The van der Waals surface area contributed by atoms with E-state index in [2.05, 4.69) is 12.2 Å². The van der Waals surface area contributed by atoms with Crippen molar-refractivity contribution >= 4 is 11.6 Å². The molecule has 2 rings (SSSR count). The fourth-order valence-electron chi connectivity index (χ4n) is 1.86. The monoisotopic (exact) mass is 291 g/mol. The van der Waals surface area contributed by atoms with Gasteiger partial charge in [-0.1, -0.05) is 42.8 Å². The zero-order chi connectivity index (χ0) is 14.4. The van der Waals surface area contributed by atoms with E-state index in [1.54, 1.807) is 0 Å². The van der Waals surface area contributed by atoms with Gasteiger partial charge >= 0.3 is 0 Å². The molecule has 0 aromatic heterocycles. The van der Waals surface area contributed by atoms with Gasteiger partial charge in [0.15, 0.2) is 0 Å². The molecule has 0 aliphatic rings. The van der Waals surface area contributed by atoms with E-state index in [0.717, 1.165) is 24.2 Å². The first kappa shape index (κ1) is 14.9. The Labute approximate surface area is 124 Å². The number of hydrogen-bond donors (Lipinski definition) is 2. The van der Waals surface area contributed by atoms with Crippen molar-refractivity contribution in [3.05, 3.63) is 58.6 Å². The third kappa shape index (κ3) is 3.73. The zero-order valence-electron chi connectivity index (χ0n) is 11.4. The largest absolute Gasteiger partial charge is 0.455 e. The van der Waals surface area contributed by atoms with Crippen LogP contribution in [0.25, 0.3) is 0 Å². The molecule has 2 aromatic rings. The Balaban J connectivity index is 2.17. The summed E-state index contributed by atoms with van der Waals surface area (Å²) in [5.41, 5.74) is 1.85. The van der Waals surface area contributed by atoms with Crippen LogP contribution >= 0.6 is 11.6 Å². The molecule has 0 radical (unpaired) electrons. The molecule has 20 heavy (non-hydrogen) atoms. The third-order valence-electron chi connectivity index (χ3n) is 2.94. The molecule has 4 heteroatoms. The first-order valence-electron chi connectivity index (χ1n) is 6.60. The van der Waals surface area contributed by atoms with Crippen LogP contribution in [-0.2, 0) is 13.2 Å². The van der Waals surface area contributed by atoms with Gasteiger partial charge in [-0.2, -0.15) is 0 Å². The molecule has 0 bridgehead atoms. The third-order valence-corrected chi connectivity index (χ3v) is 3.23. The topological polar surface area (TPSA) is 41.5 Å². The van der Waals surface area contributed by atoms with Crippen molar-refractivity contribution in [1.29, 1.82) is 0 Å². The van der Waals surface area contributed by atoms with Crippen LogP contribution in [0.4, 0.5) is 0 Å². The number of aliphatic hydroxyl groups is 1. The highest BCUT2D eigenvalue weighted by molar-refractivity contribution is 6.32. The SMILES string of the molecule is CCNCc1ccc(Oc2ccccc2CO)c(Cl)c1. The Morgan fingerprint density at radius 2 is 1.95 bits per heavy atom. The average molecular weight is 292 g/mol. The van der Waals surface area contributed by atoms with E-state index >= 15 is 0 Å². The number of para-hydroxylation sites is 1. The molecule has 3 nitrogen and oxygen atoms in total. The molecule has 0 saturated carbocycles. The number of nitrogens with one attached hydrogen (secondary N) is 1. The number of benzene rings is 2. The lowest BCUT2D eigenvalue weighted by Gasteiger charge is -2.12. The second-order valence-corrected chi connectivity index (χ2v) is 4.82. The summed E-state index contributed by atoms with van der Waals surface area (Å²) in [6, 6.07) is 13.1. The minimum Gasteiger partial charge on any atom is -0.455 e. The maximum atomic E-state index is 9.29. The van der Waals surface area contributed by atoms with Crippen molar-refractivity contribution in [1.82, 2.24) is 5.32 Å². The summed E-state index contributed by atoms with van der Waals surface area (Å²) in [7, 11) is 0. The number of aliphatic hydroxyl groups excluding tert-OH is 1. The Bertz CT molecular complexity index is 572. The second kappa shape index (κ2) is 7.29. The summed E-state index contributed by atoms with van der Waals surface area (Å²) < 4.78 is 5.78. The molecule has 0 spiro atoms. The van der Waals surface area contributed by atoms with Gasteiger partial charge in [0.25, 0.3) is 0 Å². The highest BCUT2D eigenvalue weighted by Gasteiger charge is 2.07.